The van der Waals surface area contributed by atoms with Gasteiger partial charge in [-0.05, 0) is 51.6 Å². The molecule has 0 saturated carbocycles. The van der Waals surface area contributed by atoms with Gasteiger partial charge < -0.3 is 9.84 Å². The molecule has 1 heterocycles. The Morgan fingerprint density at radius 2 is 2.19 bits per heavy atom. The van der Waals surface area contributed by atoms with Gasteiger partial charge in [-0.2, -0.15) is 0 Å². The highest BCUT2D eigenvalue weighted by Crippen LogP contribution is 2.26. The van der Waals surface area contributed by atoms with Crippen molar-refractivity contribution in [3.63, 3.8) is 0 Å². The number of rotatable bonds is 10. The first-order valence-corrected chi connectivity index (χ1v) is 8.33. The Bertz CT molecular complexity index is 323. The van der Waals surface area contributed by atoms with Gasteiger partial charge in [-0.15, -0.1) is 11.6 Å². The molecule has 0 amide bonds. The van der Waals surface area contributed by atoms with Crippen molar-refractivity contribution in [3.05, 3.63) is 12.2 Å². The van der Waals surface area contributed by atoms with E-state index in [2.05, 4.69) is 21.8 Å². The number of aliphatic hydroxyl groups is 1. The van der Waals surface area contributed by atoms with E-state index in [1.165, 1.54) is 7.11 Å². The van der Waals surface area contributed by atoms with Gasteiger partial charge in [0.2, 0.25) is 0 Å². The van der Waals surface area contributed by atoms with Crippen molar-refractivity contribution in [2.45, 2.75) is 56.4 Å². The van der Waals surface area contributed by atoms with E-state index >= 15 is 0 Å². The van der Waals surface area contributed by atoms with Crippen molar-refractivity contribution >= 4 is 17.6 Å². The summed E-state index contributed by atoms with van der Waals surface area (Å²) >= 11 is 6.40. The molecule has 0 aromatic heterocycles. The Balaban J connectivity index is 2.22. The van der Waals surface area contributed by atoms with Gasteiger partial charge in [0, 0.05) is 19.1 Å². The monoisotopic (exact) mass is 317 g/mol. The van der Waals surface area contributed by atoms with Gasteiger partial charge in [-0.1, -0.05) is 12.2 Å². The molecule has 1 rings (SSSR count). The quantitative estimate of drug-likeness (QED) is 0.291. The Labute approximate surface area is 133 Å². The number of esters is 1. The minimum atomic E-state index is -0.143. The molecule has 1 N–H and O–H groups in total. The van der Waals surface area contributed by atoms with Crippen molar-refractivity contribution in [2.24, 2.45) is 0 Å². The highest BCUT2D eigenvalue weighted by atomic mass is 35.5. The zero-order chi connectivity index (χ0) is 15.5. The number of likely N-dealkylation sites (tertiary alicyclic amines) is 1. The summed E-state index contributed by atoms with van der Waals surface area (Å²) in [7, 11) is 1.42. The second kappa shape index (κ2) is 11.0. The molecule has 0 unspecified atom stereocenters. The molecule has 122 valence electrons. The first-order valence-electron chi connectivity index (χ1n) is 7.89. The summed E-state index contributed by atoms with van der Waals surface area (Å²) in [6.07, 6.45) is 10.4. The van der Waals surface area contributed by atoms with E-state index in [1.807, 2.05) is 0 Å². The van der Waals surface area contributed by atoms with Crippen LogP contribution in [0.15, 0.2) is 12.2 Å². The molecule has 21 heavy (non-hydrogen) atoms. The number of carbonyl (C=O) groups excluding carboxylic acids is 1. The number of ether oxygens (including phenoxy) is 1. The van der Waals surface area contributed by atoms with E-state index in [9.17, 15) is 4.79 Å². The first kappa shape index (κ1) is 18.5. The van der Waals surface area contributed by atoms with Crippen LogP contribution in [0, 0.1) is 0 Å². The molecule has 0 aliphatic carbocycles. The van der Waals surface area contributed by atoms with E-state index < -0.39 is 0 Å². The number of nitrogens with zero attached hydrogens (tertiary/aromatic N) is 1. The van der Waals surface area contributed by atoms with Crippen LogP contribution in [-0.2, 0) is 9.53 Å². The fraction of sp³-hybridized carbons (Fsp3) is 0.812. The number of carbonyl (C=O) groups is 1. The summed E-state index contributed by atoms with van der Waals surface area (Å²) in [6.45, 7) is 2.34. The lowest BCUT2D eigenvalue weighted by Gasteiger charge is -2.24. The topological polar surface area (TPSA) is 49.8 Å². The van der Waals surface area contributed by atoms with E-state index in [0.29, 0.717) is 12.5 Å². The van der Waals surface area contributed by atoms with Gasteiger partial charge in [0.05, 0.1) is 12.5 Å². The average molecular weight is 318 g/mol. The van der Waals surface area contributed by atoms with E-state index in [1.54, 1.807) is 0 Å². The fourth-order valence-corrected chi connectivity index (χ4v) is 3.06. The van der Waals surface area contributed by atoms with E-state index in [4.69, 9.17) is 16.7 Å². The number of aliphatic hydroxyl groups excluding tert-OH is 1. The molecule has 2 atom stereocenters. The van der Waals surface area contributed by atoms with Crippen molar-refractivity contribution in [1.29, 1.82) is 0 Å². The lowest BCUT2D eigenvalue weighted by atomic mass is 10.1. The van der Waals surface area contributed by atoms with Crippen LogP contribution in [-0.4, -0.2) is 54.2 Å². The summed E-state index contributed by atoms with van der Waals surface area (Å²) in [6, 6.07) is 0.405. The molecule has 1 aliphatic rings. The van der Waals surface area contributed by atoms with Gasteiger partial charge in [-0.25, -0.2) is 0 Å². The Morgan fingerprint density at radius 3 is 2.90 bits per heavy atom. The van der Waals surface area contributed by atoms with Crippen LogP contribution < -0.4 is 0 Å². The number of allylic oxidation sites excluding steroid dienone is 1. The third kappa shape index (κ3) is 7.30. The molecule has 1 saturated heterocycles. The van der Waals surface area contributed by atoms with Crippen molar-refractivity contribution in [2.75, 3.05) is 26.8 Å². The summed E-state index contributed by atoms with van der Waals surface area (Å²) < 4.78 is 4.61. The van der Waals surface area contributed by atoms with Gasteiger partial charge in [-0.3, -0.25) is 9.69 Å². The molecule has 0 aromatic rings. The van der Waals surface area contributed by atoms with Crippen LogP contribution >= 0.6 is 11.6 Å². The normalized spacial score (nSPS) is 23.0. The first-order chi connectivity index (χ1) is 10.2. The summed E-state index contributed by atoms with van der Waals surface area (Å²) in [5.74, 6) is -0.143. The number of methoxy groups -OCH3 is 1. The number of hydrogen-bond donors (Lipinski definition) is 1. The number of unbranched alkanes of at least 4 members (excludes halogenated alkanes) is 2. The maximum atomic E-state index is 11.0. The van der Waals surface area contributed by atoms with Crippen LogP contribution in [0.4, 0.5) is 0 Å². The van der Waals surface area contributed by atoms with Crippen molar-refractivity contribution in [3.8, 4) is 0 Å². The standard InChI is InChI=1S/C16H28ClNO3/c1-21-16(20)9-5-3-2-4-8-15-14(17)10-12-18(15)11-6-7-13-19/h2,4,14-15,19H,3,5-13H2,1H3/b4-2-/t14-,15+/m1/s1. The number of hydrogen-bond acceptors (Lipinski definition) is 4. The van der Waals surface area contributed by atoms with Crippen LogP contribution in [0.2, 0.25) is 0 Å². The molecular formula is C16H28ClNO3. The summed E-state index contributed by atoms with van der Waals surface area (Å²) in [5, 5.41) is 9.07. The maximum absolute atomic E-state index is 11.0. The molecule has 1 aliphatic heterocycles. The van der Waals surface area contributed by atoms with Crippen LogP contribution in [0.3, 0.4) is 0 Å². The molecule has 5 heteroatoms. The summed E-state index contributed by atoms with van der Waals surface area (Å²) in [4.78, 5) is 13.4. The second-order valence-corrected chi connectivity index (χ2v) is 6.07. The molecular weight excluding hydrogens is 290 g/mol. The third-order valence-corrected chi connectivity index (χ3v) is 4.46. The van der Waals surface area contributed by atoms with E-state index in [0.717, 1.165) is 51.6 Å². The van der Waals surface area contributed by atoms with Crippen molar-refractivity contribution < 1.29 is 14.6 Å². The SMILES string of the molecule is COC(=O)CCC/C=C\C[C@H]1[C@H](Cl)CCN1CCCCO. The minimum absolute atomic E-state index is 0.143. The van der Waals surface area contributed by atoms with Crippen LogP contribution in [0.1, 0.15) is 44.9 Å². The third-order valence-electron chi connectivity index (χ3n) is 3.96. The van der Waals surface area contributed by atoms with Crippen molar-refractivity contribution in [1.82, 2.24) is 4.90 Å². The van der Waals surface area contributed by atoms with Gasteiger partial charge in [0.25, 0.3) is 0 Å². The highest BCUT2D eigenvalue weighted by Gasteiger charge is 2.30. The Morgan fingerprint density at radius 1 is 1.38 bits per heavy atom. The summed E-state index contributed by atoms with van der Waals surface area (Å²) in [5.41, 5.74) is 0. The Kier molecular flexibility index (Phi) is 9.72. The van der Waals surface area contributed by atoms with Gasteiger partial charge in [0.1, 0.15) is 0 Å². The molecule has 0 spiro atoms. The smallest absolute Gasteiger partial charge is 0.305 e. The minimum Gasteiger partial charge on any atom is -0.469 e. The second-order valence-electron chi connectivity index (χ2n) is 5.51. The average Bonchev–Trinajstić information content (AvgIpc) is 2.83. The molecule has 0 bridgehead atoms. The number of alkyl halides is 1. The fourth-order valence-electron chi connectivity index (χ4n) is 2.70. The zero-order valence-electron chi connectivity index (χ0n) is 13.0. The van der Waals surface area contributed by atoms with Gasteiger partial charge in [0.15, 0.2) is 0 Å². The molecule has 4 nitrogen and oxygen atoms in total. The predicted octanol–water partition coefficient (Wildman–Crippen LogP) is 2.73. The van der Waals surface area contributed by atoms with E-state index in [-0.39, 0.29) is 18.0 Å². The zero-order valence-corrected chi connectivity index (χ0v) is 13.7. The molecule has 0 aromatic carbocycles. The highest BCUT2D eigenvalue weighted by molar-refractivity contribution is 6.21. The lowest BCUT2D eigenvalue weighted by molar-refractivity contribution is -0.140. The predicted molar refractivity (Wildman–Crippen MR) is 85.6 cm³/mol. The van der Waals surface area contributed by atoms with Crippen LogP contribution in [0.5, 0.6) is 0 Å². The Hall–Kier alpha value is -0.580. The largest absolute Gasteiger partial charge is 0.469 e. The van der Waals surface area contributed by atoms with Gasteiger partial charge >= 0.3 is 5.97 Å². The molecule has 0 radical (unpaired) electrons. The number of halogens is 1. The molecule has 1 fully saturated rings. The lowest BCUT2D eigenvalue weighted by Crippen LogP contribution is -2.33. The maximum Gasteiger partial charge on any atom is 0.305 e. The van der Waals surface area contributed by atoms with Crippen LogP contribution in [0.25, 0.3) is 0 Å².